The third-order valence-corrected chi connectivity index (χ3v) is 2.46. The lowest BCUT2D eigenvalue weighted by Crippen LogP contribution is -2.16. The summed E-state index contributed by atoms with van der Waals surface area (Å²) in [5.74, 6) is 0.348. The molecule has 0 spiro atoms. The minimum Gasteiger partial charge on any atom is -0.465 e. The van der Waals surface area contributed by atoms with E-state index in [1.165, 1.54) is 19.5 Å². The van der Waals surface area contributed by atoms with E-state index in [2.05, 4.69) is 20.0 Å². The van der Waals surface area contributed by atoms with Crippen LogP contribution in [-0.2, 0) is 4.74 Å². The molecule has 15 heavy (non-hydrogen) atoms. The molecule has 5 nitrogen and oxygen atoms in total. The van der Waals surface area contributed by atoms with Crippen molar-refractivity contribution in [3.63, 3.8) is 0 Å². The quantitative estimate of drug-likeness (QED) is 0.723. The highest BCUT2D eigenvalue weighted by molar-refractivity contribution is 5.88. The first-order valence-electron chi connectivity index (χ1n) is 4.95. The van der Waals surface area contributed by atoms with Crippen LogP contribution in [-0.4, -0.2) is 29.6 Å². The number of carbonyl (C=O) groups excluding carboxylic acids is 1. The number of carbonyl (C=O) groups is 1. The normalized spacial score (nSPS) is 20.2. The summed E-state index contributed by atoms with van der Waals surface area (Å²) >= 11 is 0. The van der Waals surface area contributed by atoms with Crippen molar-refractivity contribution in [3.8, 4) is 0 Å². The zero-order valence-electron chi connectivity index (χ0n) is 8.56. The molecule has 1 N–H and O–H groups in total. The van der Waals surface area contributed by atoms with Gasteiger partial charge in [-0.05, 0) is 19.4 Å². The molecule has 0 bridgehead atoms. The van der Waals surface area contributed by atoms with Gasteiger partial charge in [0.15, 0.2) is 0 Å². The van der Waals surface area contributed by atoms with Gasteiger partial charge in [-0.1, -0.05) is 0 Å². The molecule has 1 aliphatic rings. The maximum atomic E-state index is 11.1. The third-order valence-electron chi connectivity index (χ3n) is 2.46. The van der Waals surface area contributed by atoms with Crippen molar-refractivity contribution in [2.45, 2.75) is 18.9 Å². The van der Waals surface area contributed by atoms with E-state index >= 15 is 0 Å². The first-order valence-corrected chi connectivity index (χ1v) is 4.95. The standard InChI is InChI=1S/C10H13N3O2/c1-15-10(14)7-5-12-9(13-6-7)8-3-2-4-11-8/h5-6,8,11H,2-4H2,1H3. The van der Waals surface area contributed by atoms with Crippen LogP contribution < -0.4 is 5.32 Å². The Hall–Kier alpha value is -1.49. The van der Waals surface area contributed by atoms with E-state index in [4.69, 9.17) is 0 Å². The number of nitrogens with zero attached hydrogens (tertiary/aromatic N) is 2. The Balaban J connectivity index is 2.12. The van der Waals surface area contributed by atoms with Gasteiger partial charge in [0, 0.05) is 12.4 Å². The largest absolute Gasteiger partial charge is 0.465 e. The number of nitrogens with one attached hydrogen (secondary N) is 1. The lowest BCUT2D eigenvalue weighted by Gasteiger charge is -2.07. The fourth-order valence-corrected chi connectivity index (χ4v) is 1.65. The van der Waals surface area contributed by atoms with Gasteiger partial charge in [-0.15, -0.1) is 0 Å². The van der Waals surface area contributed by atoms with E-state index < -0.39 is 5.97 Å². The van der Waals surface area contributed by atoms with Crippen LogP contribution in [0.3, 0.4) is 0 Å². The number of rotatable bonds is 2. The Morgan fingerprint density at radius 3 is 2.80 bits per heavy atom. The maximum Gasteiger partial charge on any atom is 0.341 e. The summed E-state index contributed by atoms with van der Waals surface area (Å²) in [6.45, 7) is 1.01. The molecule has 0 aromatic carbocycles. The molecule has 1 aromatic heterocycles. The Morgan fingerprint density at radius 2 is 2.27 bits per heavy atom. The SMILES string of the molecule is COC(=O)c1cnc(C2CCCN2)nc1. The smallest absolute Gasteiger partial charge is 0.341 e. The van der Waals surface area contributed by atoms with Crippen LogP contribution in [0.2, 0.25) is 0 Å². The zero-order chi connectivity index (χ0) is 10.7. The van der Waals surface area contributed by atoms with Crippen LogP contribution in [0.15, 0.2) is 12.4 Å². The summed E-state index contributed by atoms with van der Waals surface area (Å²) in [5, 5.41) is 3.29. The van der Waals surface area contributed by atoms with Gasteiger partial charge in [0.1, 0.15) is 5.82 Å². The highest BCUT2D eigenvalue weighted by Crippen LogP contribution is 2.19. The summed E-state index contributed by atoms with van der Waals surface area (Å²) in [7, 11) is 1.34. The van der Waals surface area contributed by atoms with Gasteiger partial charge in [0.2, 0.25) is 0 Å². The van der Waals surface area contributed by atoms with Gasteiger partial charge in [-0.2, -0.15) is 0 Å². The fourth-order valence-electron chi connectivity index (χ4n) is 1.65. The van der Waals surface area contributed by atoms with Gasteiger partial charge in [0.25, 0.3) is 0 Å². The number of aromatic nitrogens is 2. The minimum absolute atomic E-state index is 0.233. The van der Waals surface area contributed by atoms with Crippen LogP contribution in [0.4, 0.5) is 0 Å². The number of hydrogen-bond acceptors (Lipinski definition) is 5. The van der Waals surface area contributed by atoms with Crippen LogP contribution in [0.1, 0.15) is 35.1 Å². The van der Waals surface area contributed by atoms with Crippen LogP contribution in [0.25, 0.3) is 0 Å². The predicted molar refractivity (Wildman–Crippen MR) is 53.3 cm³/mol. The van der Waals surface area contributed by atoms with Crippen molar-refractivity contribution in [1.82, 2.24) is 15.3 Å². The molecule has 0 aliphatic carbocycles. The second kappa shape index (κ2) is 4.35. The summed E-state index contributed by atoms with van der Waals surface area (Å²) in [6.07, 6.45) is 5.21. The Bertz CT molecular complexity index is 344. The second-order valence-electron chi connectivity index (χ2n) is 3.47. The summed E-state index contributed by atoms with van der Waals surface area (Å²) in [6, 6.07) is 0.233. The third kappa shape index (κ3) is 2.12. The fraction of sp³-hybridized carbons (Fsp3) is 0.500. The number of hydrogen-bond donors (Lipinski definition) is 1. The highest BCUT2D eigenvalue weighted by Gasteiger charge is 2.19. The molecule has 0 saturated carbocycles. The molecule has 2 heterocycles. The average Bonchev–Trinajstić information content (AvgIpc) is 2.82. The van der Waals surface area contributed by atoms with Gasteiger partial charge in [0.05, 0.1) is 18.7 Å². The molecule has 1 saturated heterocycles. The van der Waals surface area contributed by atoms with E-state index in [0.29, 0.717) is 5.56 Å². The topological polar surface area (TPSA) is 64.1 Å². The van der Waals surface area contributed by atoms with E-state index in [1.807, 2.05) is 0 Å². The van der Waals surface area contributed by atoms with Gasteiger partial charge in [-0.25, -0.2) is 14.8 Å². The molecule has 5 heteroatoms. The van der Waals surface area contributed by atoms with Crippen LogP contribution in [0, 0.1) is 0 Å². The Morgan fingerprint density at radius 1 is 1.53 bits per heavy atom. The lowest BCUT2D eigenvalue weighted by molar-refractivity contribution is 0.0599. The van der Waals surface area contributed by atoms with Crippen LogP contribution >= 0.6 is 0 Å². The molecule has 0 amide bonds. The monoisotopic (exact) mass is 207 g/mol. The van der Waals surface area contributed by atoms with Crippen molar-refractivity contribution in [2.24, 2.45) is 0 Å². The summed E-state index contributed by atoms with van der Waals surface area (Å²) in [4.78, 5) is 19.4. The maximum absolute atomic E-state index is 11.1. The molecule has 1 atom stereocenters. The van der Waals surface area contributed by atoms with Crippen molar-refractivity contribution >= 4 is 5.97 Å². The minimum atomic E-state index is -0.402. The molecule has 1 unspecified atom stereocenters. The molecule has 2 rings (SSSR count). The van der Waals surface area contributed by atoms with E-state index in [1.54, 1.807) is 0 Å². The summed E-state index contributed by atoms with van der Waals surface area (Å²) in [5.41, 5.74) is 0.388. The van der Waals surface area contributed by atoms with E-state index in [9.17, 15) is 4.79 Å². The Labute approximate surface area is 87.9 Å². The molecular formula is C10H13N3O2. The zero-order valence-corrected chi connectivity index (χ0v) is 8.56. The number of esters is 1. The van der Waals surface area contributed by atoms with Gasteiger partial charge >= 0.3 is 5.97 Å². The highest BCUT2D eigenvalue weighted by atomic mass is 16.5. The molecule has 0 radical (unpaired) electrons. The summed E-state index contributed by atoms with van der Waals surface area (Å²) < 4.78 is 4.57. The van der Waals surface area contributed by atoms with Crippen molar-refractivity contribution in [3.05, 3.63) is 23.8 Å². The van der Waals surface area contributed by atoms with Crippen LogP contribution in [0.5, 0.6) is 0 Å². The Kier molecular flexibility index (Phi) is 2.91. The van der Waals surface area contributed by atoms with Gasteiger partial charge < -0.3 is 10.1 Å². The van der Waals surface area contributed by atoms with Crippen molar-refractivity contribution in [2.75, 3.05) is 13.7 Å². The predicted octanol–water partition coefficient (Wildman–Crippen LogP) is 0.688. The van der Waals surface area contributed by atoms with E-state index in [0.717, 1.165) is 25.2 Å². The average molecular weight is 207 g/mol. The molecule has 1 aliphatic heterocycles. The first kappa shape index (κ1) is 10.0. The molecule has 1 aromatic rings. The molecule has 1 fully saturated rings. The number of methoxy groups -OCH3 is 1. The van der Waals surface area contributed by atoms with Crippen molar-refractivity contribution < 1.29 is 9.53 Å². The second-order valence-corrected chi connectivity index (χ2v) is 3.47. The lowest BCUT2D eigenvalue weighted by atomic mass is 10.2. The first-order chi connectivity index (χ1) is 7.31. The number of ether oxygens (including phenoxy) is 1. The van der Waals surface area contributed by atoms with E-state index in [-0.39, 0.29) is 6.04 Å². The van der Waals surface area contributed by atoms with Crippen molar-refractivity contribution in [1.29, 1.82) is 0 Å². The van der Waals surface area contributed by atoms with Gasteiger partial charge in [-0.3, -0.25) is 0 Å². The molecule has 80 valence electrons. The molecular weight excluding hydrogens is 194 g/mol.